The van der Waals surface area contributed by atoms with Gasteiger partial charge in [0.05, 0.1) is 11.8 Å². The van der Waals surface area contributed by atoms with Gasteiger partial charge in [-0.25, -0.2) is 0 Å². The summed E-state index contributed by atoms with van der Waals surface area (Å²) in [6, 6.07) is 7.47. The molecule has 1 amide bonds. The summed E-state index contributed by atoms with van der Waals surface area (Å²) in [6.45, 7) is 0. The second-order valence-electron chi connectivity index (χ2n) is 5.92. The molecule has 5 heteroatoms. The van der Waals surface area contributed by atoms with Crippen molar-refractivity contribution in [3.05, 3.63) is 28.7 Å². The zero-order chi connectivity index (χ0) is 13.9. The summed E-state index contributed by atoms with van der Waals surface area (Å²) in [7, 11) is 0. The van der Waals surface area contributed by atoms with Crippen LogP contribution < -0.4 is 5.32 Å². The van der Waals surface area contributed by atoms with E-state index in [9.17, 15) is 9.59 Å². The zero-order valence-corrected chi connectivity index (χ0v) is 12.3. The number of esters is 1. The first-order chi connectivity index (χ1) is 9.63. The molecular formula is C15H14BrNO3. The van der Waals surface area contributed by atoms with Crippen LogP contribution in [0.4, 0.5) is 5.69 Å². The third-order valence-electron chi connectivity index (χ3n) is 4.90. The number of nitrogens with one attached hydrogen (secondary N) is 1. The van der Waals surface area contributed by atoms with Gasteiger partial charge in [0.25, 0.3) is 0 Å². The van der Waals surface area contributed by atoms with E-state index in [-0.39, 0.29) is 35.7 Å². The molecule has 5 atom stereocenters. The molecule has 1 aliphatic heterocycles. The summed E-state index contributed by atoms with van der Waals surface area (Å²) in [5.41, 5.74) is 0.767. The van der Waals surface area contributed by atoms with Gasteiger partial charge in [-0.1, -0.05) is 15.9 Å². The number of hydrogen-bond donors (Lipinski definition) is 1. The maximum atomic E-state index is 12.5. The molecular weight excluding hydrogens is 322 g/mol. The first-order valence-corrected chi connectivity index (χ1v) is 7.70. The molecule has 4 nitrogen and oxygen atoms in total. The number of fused-ring (bicyclic) bond motifs is 1. The third kappa shape index (κ3) is 1.72. The molecule has 3 fully saturated rings. The highest BCUT2D eigenvalue weighted by atomic mass is 79.9. The van der Waals surface area contributed by atoms with Crippen LogP contribution in [-0.2, 0) is 14.3 Å². The van der Waals surface area contributed by atoms with Crippen molar-refractivity contribution in [3.63, 3.8) is 0 Å². The molecule has 3 aliphatic rings. The van der Waals surface area contributed by atoms with Crippen molar-refractivity contribution < 1.29 is 14.3 Å². The van der Waals surface area contributed by atoms with Crippen LogP contribution in [0, 0.1) is 23.7 Å². The van der Waals surface area contributed by atoms with Crippen molar-refractivity contribution in [1.82, 2.24) is 0 Å². The van der Waals surface area contributed by atoms with Gasteiger partial charge in [-0.15, -0.1) is 0 Å². The number of carbonyl (C=O) groups is 2. The van der Waals surface area contributed by atoms with Gasteiger partial charge in [0.1, 0.15) is 6.10 Å². The van der Waals surface area contributed by atoms with Gasteiger partial charge in [-0.3, -0.25) is 9.59 Å². The maximum Gasteiger partial charge on any atom is 0.310 e. The van der Waals surface area contributed by atoms with E-state index >= 15 is 0 Å². The summed E-state index contributed by atoms with van der Waals surface area (Å²) >= 11 is 3.36. The first-order valence-electron chi connectivity index (χ1n) is 6.90. The highest BCUT2D eigenvalue weighted by Crippen LogP contribution is 2.57. The van der Waals surface area contributed by atoms with Crippen molar-refractivity contribution in [3.8, 4) is 0 Å². The number of rotatable bonds is 2. The predicted octanol–water partition coefficient (Wildman–Crippen LogP) is 2.59. The average molecular weight is 336 g/mol. The Kier molecular flexibility index (Phi) is 2.67. The maximum absolute atomic E-state index is 12.5. The predicted molar refractivity (Wildman–Crippen MR) is 75.8 cm³/mol. The summed E-state index contributed by atoms with van der Waals surface area (Å²) in [5, 5.41) is 2.93. The Bertz CT molecular complexity index is 583. The van der Waals surface area contributed by atoms with Gasteiger partial charge in [0.2, 0.25) is 5.91 Å². The van der Waals surface area contributed by atoms with E-state index < -0.39 is 0 Å². The molecule has 0 spiro atoms. The van der Waals surface area contributed by atoms with Crippen molar-refractivity contribution in [1.29, 1.82) is 0 Å². The summed E-state index contributed by atoms with van der Waals surface area (Å²) < 4.78 is 6.33. The second-order valence-corrected chi connectivity index (χ2v) is 6.83. The Morgan fingerprint density at radius 1 is 1.25 bits per heavy atom. The molecule has 2 bridgehead atoms. The highest BCUT2D eigenvalue weighted by Gasteiger charge is 2.63. The molecule has 1 N–H and O–H groups in total. The fraction of sp³-hybridized carbons (Fsp3) is 0.467. The SMILES string of the molecule is O=C(Nc1ccc(Br)cc1)[C@H]1[C@H]2C[C@@H]3[C@@H]1C(=O)O[C@@H]3C2. The summed E-state index contributed by atoms with van der Waals surface area (Å²) in [6.07, 6.45) is 1.89. The third-order valence-corrected chi connectivity index (χ3v) is 5.43. The molecule has 1 aromatic rings. The molecule has 104 valence electrons. The van der Waals surface area contributed by atoms with Crippen LogP contribution in [0.2, 0.25) is 0 Å². The Balaban J connectivity index is 1.54. The number of hydrogen-bond acceptors (Lipinski definition) is 3. The highest BCUT2D eigenvalue weighted by molar-refractivity contribution is 9.10. The van der Waals surface area contributed by atoms with E-state index in [1.807, 2.05) is 24.3 Å². The molecule has 1 aromatic carbocycles. The van der Waals surface area contributed by atoms with Gasteiger partial charge in [0.15, 0.2) is 0 Å². The van der Waals surface area contributed by atoms with Gasteiger partial charge in [0, 0.05) is 16.1 Å². The molecule has 0 radical (unpaired) electrons. The van der Waals surface area contributed by atoms with E-state index in [1.54, 1.807) is 0 Å². The minimum absolute atomic E-state index is 0.0397. The molecule has 1 saturated heterocycles. The topological polar surface area (TPSA) is 55.4 Å². The van der Waals surface area contributed by atoms with Crippen LogP contribution in [0.3, 0.4) is 0 Å². The average Bonchev–Trinajstić information content (AvgIpc) is 3.02. The van der Waals surface area contributed by atoms with Crippen molar-refractivity contribution in [2.75, 3.05) is 5.32 Å². The van der Waals surface area contributed by atoms with E-state index in [0.717, 1.165) is 23.0 Å². The lowest BCUT2D eigenvalue weighted by atomic mass is 9.79. The Morgan fingerprint density at radius 2 is 2.00 bits per heavy atom. The van der Waals surface area contributed by atoms with Crippen LogP contribution in [-0.4, -0.2) is 18.0 Å². The molecule has 2 aliphatic carbocycles. The standard InChI is InChI=1S/C15H14BrNO3/c16-8-1-3-9(4-2-8)17-14(18)12-7-5-10-11(6-7)20-15(19)13(10)12/h1-4,7,10-13H,5-6H2,(H,17,18)/t7-,10-,11+,12-,13-/m0/s1. The largest absolute Gasteiger partial charge is 0.462 e. The number of anilines is 1. The van der Waals surface area contributed by atoms with Gasteiger partial charge < -0.3 is 10.1 Å². The van der Waals surface area contributed by atoms with Gasteiger partial charge in [-0.05, 0) is 43.0 Å². The van der Waals surface area contributed by atoms with Crippen molar-refractivity contribution in [2.24, 2.45) is 23.7 Å². The Labute approximate surface area is 125 Å². The fourth-order valence-corrected chi connectivity index (χ4v) is 4.39. The van der Waals surface area contributed by atoms with Crippen LogP contribution in [0.5, 0.6) is 0 Å². The van der Waals surface area contributed by atoms with E-state index in [2.05, 4.69) is 21.2 Å². The lowest BCUT2D eigenvalue weighted by Gasteiger charge is -2.23. The molecule has 2 saturated carbocycles. The van der Waals surface area contributed by atoms with Crippen LogP contribution in [0.15, 0.2) is 28.7 Å². The Morgan fingerprint density at radius 3 is 2.75 bits per heavy atom. The van der Waals surface area contributed by atoms with Crippen LogP contribution in [0.25, 0.3) is 0 Å². The molecule has 20 heavy (non-hydrogen) atoms. The first kappa shape index (κ1) is 12.4. The van der Waals surface area contributed by atoms with Crippen LogP contribution >= 0.6 is 15.9 Å². The quantitative estimate of drug-likeness (QED) is 0.845. The van der Waals surface area contributed by atoms with Crippen molar-refractivity contribution >= 4 is 33.5 Å². The summed E-state index contributed by atoms with van der Waals surface area (Å²) in [4.78, 5) is 24.4. The van der Waals surface area contributed by atoms with E-state index in [4.69, 9.17) is 4.74 Å². The monoisotopic (exact) mass is 335 g/mol. The van der Waals surface area contributed by atoms with Crippen molar-refractivity contribution in [2.45, 2.75) is 18.9 Å². The number of ether oxygens (including phenoxy) is 1. The van der Waals surface area contributed by atoms with E-state index in [0.29, 0.717) is 5.92 Å². The molecule has 0 aromatic heterocycles. The number of halogens is 1. The zero-order valence-electron chi connectivity index (χ0n) is 10.7. The lowest BCUT2D eigenvalue weighted by molar-refractivity contribution is -0.145. The van der Waals surface area contributed by atoms with Gasteiger partial charge in [-0.2, -0.15) is 0 Å². The summed E-state index contributed by atoms with van der Waals surface area (Å²) in [5.74, 6) is -0.0627. The Hall–Kier alpha value is -1.36. The number of benzene rings is 1. The molecule has 4 rings (SSSR count). The molecule has 1 heterocycles. The second kappa shape index (κ2) is 4.32. The normalized spacial score (nSPS) is 37.0. The lowest BCUT2D eigenvalue weighted by Crippen LogP contribution is -2.35. The van der Waals surface area contributed by atoms with Gasteiger partial charge >= 0.3 is 5.97 Å². The number of carbonyl (C=O) groups excluding carboxylic acids is 2. The molecule has 0 unspecified atom stereocenters. The fourth-order valence-electron chi connectivity index (χ4n) is 4.12. The van der Waals surface area contributed by atoms with Crippen LogP contribution in [0.1, 0.15) is 12.8 Å². The minimum atomic E-state index is -0.214. The van der Waals surface area contributed by atoms with E-state index in [1.165, 1.54) is 0 Å². The smallest absolute Gasteiger partial charge is 0.310 e. The minimum Gasteiger partial charge on any atom is -0.462 e. The number of amides is 1.